The van der Waals surface area contributed by atoms with Crippen LogP contribution in [0.25, 0.3) is 0 Å². The summed E-state index contributed by atoms with van der Waals surface area (Å²) in [4.78, 5) is 4.30. The molecule has 2 aromatic rings. The van der Waals surface area contributed by atoms with Crippen LogP contribution in [-0.2, 0) is 12.1 Å². The first-order valence-electron chi connectivity index (χ1n) is 7.22. The molecule has 0 saturated carbocycles. The Labute approximate surface area is 122 Å². The van der Waals surface area contributed by atoms with E-state index in [1.807, 2.05) is 19.6 Å². The van der Waals surface area contributed by atoms with Crippen LogP contribution in [0.4, 0.5) is 0 Å². The van der Waals surface area contributed by atoms with Crippen LogP contribution in [0.5, 0.6) is 0 Å². The number of hydrogen-bond donors (Lipinski definition) is 1. The van der Waals surface area contributed by atoms with E-state index in [-0.39, 0.29) is 5.54 Å². The van der Waals surface area contributed by atoms with Gasteiger partial charge in [-0.1, -0.05) is 38.1 Å². The van der Waals surface area contributed by atoms with E-state index in [9.17, 15) is 0 Å². The van der Waals surface area contributed by atoms with E-state index in [0.29, 0.717) is 5.92 Å². The molecule has 0 aliphatic heterocycles. The van der Waals surface area contributed by atoms with Gasteiger partial charge in [0.25, 0.3) is 0 Å². The first-order valence-corrected chi connectivity index (χ1v) is 7.22. The molecule has 0 aliphatic rings. The zero-order chi connectivity index (χ0) is 14.8. The highest BCUT2D eigenvalue weighted by molar-refractivity contribution is 5.25. The fourth-order valence-corrected chi connectivity index (χ4v) is 2.30. The van der Waals surface area contributed by atoms with E-state index in [0.717, 1.165) is 6.54 Å². The second-order valence-corrected chi connectivity index (χ2v) is 6.18. The predicted molar refractivity (Wildman–Crippen MR) is 83.9 cm³/mol. The molecule has 0 fully saturated rings. The van der Waals surface area contributed by atoms with Crippen LogP contribution in [0.2, 0.25) is 0 Å². The van der Waals surface area contributed by atoms with E-state index in [1.54, 1.807) is 0 Å². The van der Waals surface area contributed by atoms with Crippen molar-refractivity contribution >= 4 is 0 Å². The van der Waals surface area contributed by atoms with Crippen LogP contribution in [-0.4, -0.2) is 16.6 Å². The van der Waals surface area contributed by atoms with Crippen LogP contribution < -0.4 is 5.32 Å². The number of benzene rings is 1. The molecule has 0 amide bonds. The molecule has 0 atom stereocenters. The molecular formula is C17H25N3. The lowest BCUT2D eigenvalue weighted by Gasteiger charge is -2.25. The highest BCUT2D eigenvalue weighted by atomic mass is 15.1. The Morgan fingerprint density at radius 2 is 1.85 bits per heavy atom. The first-order chi connectivity index (χ1) is 9.44. The Bertz CT molecular complexity index is 550. The zero-order valence-corrected chi connectivity index (χ0v) is 13.1. The van der Waals surface area contributed by atoms with Crippen molar-refractivity contribution in [2.24, 2.45) is 0 Å². The predicted octanol–water partition coefficient (Wildman–Crippen LogP) is 3.51. The summed E-state index contributed by atoms with van der Waals surface area (Å²) in [5.41, 5.74) is 3.82. The molecule has 1 aromatic carbocycles. The molecule has 0 spiro atoms. The third-order valence-electron chi connectivity index (χ3n) is 3.98. The van der Waals surface area contributed by atoms with Crippen molar-refractivity contribution in [1.29, 1.82) is 0 Å². The Morgan fingerprint density at radius 1 is 1.20 bits per heavy atom. The summed E-state index contributed by atoms with van der Waals surface area (Å²) in [7, 11) is 1.98. The average molecular weight is 271 g/mol. The lowest BCUT2D eigenvalue weighted by atomic mass is 10.0. The second-order valence-electron chi connectivity index (χ2n) is 6.18. The minimum Gasteiger partial charge on any atom is -0.328 e. The Balaban J connectivity index is 2.21. The lowest BCUT2D eigenvalue weighted by molar-refractivity contribution is 0.413. The van der Waals surface area contributed by atoms with Crippen molar-refractivity contribution in [1.82, 2.24) is 14.9 Å². The monoisotopic (exact) mass is 271 g/mol. The normalized spacial score (nSPS) is 12.1. The maximum atomic E-state index is 4.30. The standard InChI is InChI=1S/C17H25N3/c1-13(2)15-8-6-14(7-9-15)11-20-12-19-10-16(20)17(3,4)18-5/h6-10,12-13,18H,11H2,1-5H3. The highest BCUT2D eigenvalue weighted by Crippen LogP contribution is 2.21. The van der Waals surface area contributed by atoms with E-state index >= 15 is 0 Å². The summed E-state index contributed by atoms with van der Waals surface area (Å²) in [5, 5.41) is 3.33. The first kappa shape index (κ1) is 14.8. The molecule has 3 heteroatoms. The molecule has 0 radical (unpaired) electrons. The van der Waals surface area contributed by atoms with Crippen molar-refractivity contribution in [3.05, 3.63) is 53.6 Å². The van der Waals surface area contributed by atoms with Crippen LogP contribution in [0.1, 0.15) is 50.4 Å². The highest BCUT2D eigenvalue weighted by Gasteiger charge is 2.22. The van der Waals surface area contributed by atoms with E-state index in [4.69, 9.17) is 0 Å². The smallest absolute Gasteiger partial charge is 0.0951 e. The third-order valence-corrected chi connectivity index (χ3v) is 3.98. The summed E-state index contributed by atoms with van der Waals surface area (Å²) < 4.78 is 2.21. The van der Waals surface area contributed by atoms with Crippen molar-refractivity contribution < 1.29 is 0 Å². The molecule has 3 nitrogen and oxygen atoms in total. The minimum atomic E-state index is -0.0750. The lowest BCUT2D eigenvalue weighted by Crippen LogP contribution is -2.35. The maximum Gasteiger partial charge on any atom is 0.0951 e. The van der Waals surface area contributed by atoms with Gasteiger partial charge in [0.15, 0.2) is 0 Å². The number of imidazole rings is 1. The molecular weight excluding hydrogens is 246 g/mol. The van der Waals surface area contributed by atoms with E-state index in [1.165, 1.54) is 16.8 Å². The van der Waals surface area contributed by atoms with E-state index in [2.05, 4.69) is 66.8 Å². The van der Waals surface area contributed by atoms with Crippen LogP contribution >= 0.6 is 0 Å². The molecule has 1 aromatic heterocycles. The number of hydrogen-bond acceptors (Lipinski definition) is 2. The van der Waals surface area contributed by atoms with Crippen molar-refractivity contribution in [2.75, 3.05) is 7.05 Å². The van der Waals surface area contributed by atoms with Gasteiger partial charge in [-0.05, 0) is 37.9 Å². The number of nitrogens with one attached hydrogen (secondary N) is 1. The summed E-state index contributed by atoms with van der Waals surface area (Å²) in [6.45, 7) is 9.64. The van der Waals surface area contributed by atoms with Gasteiger partial charge in [-0.3, -0.25) is 0 Å². The Hall–Kier alpha value is -1.61. The Morgan fingerprint density at radius 3 is 2.40 bits per heavy atom. The van der Waals surface area contributed by atoms with Crippen LogP contribution in [0.15, 0.2) is 36.8 Å². The van der Waals surface area contributed by atoms with Crippen LogP contribution in [0.3, 0.4) is 0 Å². The number of aromatic nitrogens is 2. The molecule has 0 bridgehead atoms. The summed E-state index contributed by atoms with van der Waals surface area (Å²) in [6.07, 6.45) is 3.85. The second kappa shape index (κ2) is 5.80. The molecule has 1 heterocycles. The Kier molecular flexibility index (Phi) is 4.29. The van der Waals surface area contributed by atoms with Gasteiger partial charge in [-0.25, -0.2) is 4.98 Å². The summed E-state index contributed by atoms with van der Waals surface area (Å²) >= 11 is 0. The van der Waals surface area contributed by atoms with E-state index < -0.39 is 0 Å². The molecule has 0 aliphatic carbocycles. The molecule has 108 valence electrons. The molecule has 1 N–H and O–H groups in total. The van der Waals surface area contributed by atoms with Gasteiger partial charge < -0.3 is 9.88 Å². The fourth-order valence-electron chi connectivity index (χ4n) is 2.30. The topological polar surface area (TPSA) is 29.9 Å². The third kappa shape index (κ3) is 3.10. The van der Waals surface area contributed by atoms with Crippen molar-refractivity contribution in [3.63, 3.8) is 0 Å². The zero-order valence-electron chi connectivity index (χ0n) is 13.1. The number of rotatable bonds is 5. The van der Waals surface area contributed by atoms with Gasteiger partial charge in [-0.15, -0.1) is 0 Å². The average Bonchev–Trinajstić information content (AvgIpc) is 2.88. The van der Waals surface area contributed by atoms with Gasteiger partial charge >= 0.3 is 0 Å². The van der Waals surface area contributed by atoms with Gasteiger partial charge in [0, 0.05) is 6.54 Å². The summed E-state index contributed by atoms with van der Waals surface area (Å²) in [5.74, 6) is 0.580. The van der Waals surface area contributed by atoms with Gasteiger partial charge in [0.2, 0.25) is 0 Å². The number of nitrogens with zero attached hydrogens (tertiary/aromatic N) is 2. The molecule has 0 saturated heterocycles. The minimum absolute atomic E-state index is 0.0750. The SMILES string of the molecule is CNC(C)(C)c1cncn1Cc1ccc(C(C)C)cc1. The van der Waals surface area contributed by atoms with Crippen molar-refractivity contribution in [2.45, 2.75) is 45.7 Å². The maximum absolute atomic E-state index is 4.30. The molecule has 0 unspecified atom stereocenters. The molecule has 20 heavy (non-hydrogen) atoms. The molecule has 2 rings (SSSR count). The van der Waals surface area contributed by atoms with Gasteiger partial charge in [0.1, 0.15) is 0 Å². The largest absolute Gasteiger partial charge is 0.328 e. The van der Waals surface area contributed by atoms with Crippen LogP contribution in [0, 0.1) is 0 Å². The van der Waals surface area contributed by atoms with Gasteiger partial charge in [-0.2, -0.15) is 0 Å². The van der Waals surface area contributed by atoms with Gasteiger partial charge in [0.05, 0.1) is 23.8 Å². The quantitative estimate of drug-likeness (QED) is 0.902. The fraction of sp³-hybridized carbons (Fsp3) is 0.471. The van der Waals surface area contributed by atoms with Crippen molar-refractivity contribution in [3.8, 4) is 0 Å². The summed E-state index contributed by atoms with van der Waals surface area (Å²) in [6, 6.07) is 8.87.